The molecule has 5 heteroatoms. The van der Waals surface area contributed by atoms with Crippen molar-refractivity contribution < 1.29 is 19.0 Å². The maximum absolute atomic E-state index is 13.3. The predicted octanol–water partition coefficient (Wildman–Crippen LogP) is 1.61. The molecule has 21 heavy (non-hydrogen) atoms. The van der Waals surface area contributed by atoms with Crippen molar-refractivity contribution in [2.24, 2.45) is 11.8 Å². The van der Waals surface area contributed by atoms with Gasteiger partial charge in [0, 0.05) is 13.1 Å². The van der Waals surface area contributed by atoms with Crippen LogP contribution in [0.4, 0.5) is 4.39 Å². The first-order valence-electron chi connectivity index (χ1n) is 7.42. The minimum absolute atomic E-state index is 0.00383. The van der Waals surface area contributed by atoms with Crippen LogP contribution in [0, 0.1) is 17.7 Å². The van der Waals surface area contributed by atoms with Crippen LogP contribution in [-0.4, -0.2) is 41.7 Å². The van der Waals surface area contributed by atoms with Gasteiger partial charge < -0.3 is 14.7 Å². The molecule has 0 spiro atoms. The summed E-state index contributed by atoms with van der Waals surface area (Å²) in [5.41, 5.74) is 0.741. The lowest BCUT2D eigenvalue weighted by Gasteiger charge is -2.37. The Morgan fingerprint density at radius 2 is 2.29 bits per heavy atom. The molecule has 2 aliphatic rings. The molecule has 1 fully saturated rings. The number of nitrogens with zero attached hydrogens (tertiary/aromatic N) is 1. The molecule has 0 aromatic heterocycles. The largest absolute Gasteiger partial charge is 0.492 e. The SMILES string of the molecule is CC1CCN(C(=O)C2COc3ccc(F)cc3C2)CC1O. The Hall–Kier alpha value is -1.62. The number of hydrogen-bond donors (Lipinski definition) is 1. The minimum Gasteiger partial charge on any atom is -0.492 e. The van der Waals surface area contributed by atoms with Crippen molar-refractivity contribution in [2.45, 2.75) is 25.9 Å². The number of benzene rings is 1. The van der Waals surface area contributed by atoms with Gasteiger partial charge in [-0.3, -0.25) is 4.79 Å². The molecular formula is C16H20FNO3. The van der Waals surface area contributed by atoms with Gasteiger partial charge in [-0.15, -0.1) is 0 Å². The zero-order valence-corrected chi connectivity index (χ0v) is 12.1. The van der Waals surface area contributed by atoms with Gasteiger partial charge in [0.25, 0.3) is 0 Å². The van der Waals surface area contributed by atoms with E-state index in [4.69, 9.17) is 4.74 Å². The molecule has 1 saturated heterocycles. The fraction of sp³-hybridized carbons (Fsp3) is 0.562. The standard InChI is InChI=1S/C16H20FNO3/c1-10-4-5-18(8-14(10)19)16(20)12-6-11-7-13(17)2-3-15(11)21-9-12/h2-3,7,10,12,14,19H,4-6,8-9H2,1H3. The summed E-state index contributed by atoms with van der Waals surface area (Å²) in [5, 5.41) is 9.91. The van der Waals surface area contributed by atoms with E-state index in [0.29, 0.717) is 31.9 Å². The normalized spacial score (nSPS) is 28.7. The van der Waals surface area contributed by atoms with Crippen molar-refractivity contribution >= 4 is 5.91 Å². The van der Waals surface area contributed by atoms with E-state index >= 15 is 0 Å². The number of β-amino-alcohol motifs (C(OH)–C–C–N with tert-alkyl or cyclic N) is 1. The lowest BCUT2D eigenvalue weighted by Crippen LogP contribution is -2.49. The molecule has 0 radical (unpaired) electrons. The number of carbonyl (C=O) groups excluding carboxylic acids is 1. The number of amides is 1. The Morgan fingerprint density at radius 3 is 3.05 bits per heavy atom. The average Bonchev–Trinajstić information content (AvgIpc) is 2.48. The summed E-state index contributed by atoms with van der Waals surface area (Å²) in [6, 6.07) is 4.41. The van der Waals surface area contributed by atoms with Gasteiger partial charge in [0.1, 0.15) is 18.2 Å². The molecule has 0 aliphatic carbocycles. The predicted molar refractivity (Wildman–Crippen MR) is 75.5 cm³/mol. The fourth-order valence-electron chi connectivity index (χ4n) is 3.03. The van der Waals surface area contributed by atoms with Crippen LogP contribution in [0.5, 0.6) is 5.75 Å². The number of halogens is 1. The Kier molecular flexibility index (Phi) is 3.85. The second-order valence-electron chi connectivity index (χ2n) is 6.08. The molecule has 1 aromatic carbocycles. The molecule has 3 rings (SSSR count). The van der Waals surface area contributed by atoms with Crippen LogP contribution in [-0.2, 0) is 11.2 Å². The number of likely N-dealkylation sites (tertiary alicyclic amines) is 1. The van der Waals surface area contributed by atoms with Gasteiger partial charge in [0.15, 0.2) is 0 Å². The van der Waals surface area contributed by atoms with Gasteiger partial charge >= 0.3 is 0 Å². The maximum Gasteiger partial charge on any atom is 0.229 e. The summed E-state index contributed by atoms with van der Waals surface area (Å²) < 4.78 is 18.9. The van der Waals surface area contributed by atoms with Crippen molar-refractivity contribution in [3.8, 4) is 5.75 Å². The number of fused-ring (bicyclic) bond motifs is 1. The molecule has 0 saturated carbocycles. The second kappa shape index (κ2) is 5.64. The number of hydrogen-bond acceptors (Lipinski definition) is 3. The van der Waals surface area contributed by atoms with E-state index in [1.807, 2.05) is 6.92 Å². The number of aliphatic hydroxyl groups excluding tert-OH is 1. The van der Waals surface area contributed by atoms with E-state index in [1.165, 1.54) is 12.1 Å². The van der Waals surface area contributed by atoms with Gasteiger partial charge in [0.2, 0.25) is 5.91 Å². The molecule has 2 aliphatic heterocycles. The third-order valence-corrected chi connectivity index (χ3v) is 4.51. The molecule has 1 amide bonds. The highest BCUT2D eigenvalue weighted by molar-refractivity contribution is 5.80. The van der Waals surface area contributed by atoms with Crippen molar-refractivity contribution in [1.82, 2.24) is 4.90 Å². The van der Waals surface area contributed by atoms with Crippen LogP contribution < -0.4 is 4.74 Å². The molecule has 1 N–H and O–H groups in total. The molecular weight excluding hydrogens is 273 g/mol. The van der Waals surface area contributed by atoms with E-state index < -0.39 is 6.10 Å². The van der Waals surface area contributed by atoms with Crippen LogP contribution >= 0.6 is 0 Å². The Balaban J connectivity index is 1.69. The van der Waals surface area contributed by atoms with Gasteiger partial charge in [-0.1, -0.05) is 6.92 Å². The maximum atomic E-state index is 13.3. The van der Waals surface area contributed by atoms with E-state index in [2.05, 4.69) is 0 Å². The van der Waals surface area contributed by atoms with Crippen molar-refractivity contribution in [3.05, 3.63) is 29.6 Å². The smallest absolute Gasteiger partial charge is 0.229 e. The van der Waals surface area contributed by atoms with Crippen LogP contribution in [0.25, 0.3) is 0 Å². The third-order valence-electron chi connectivity index (χ3n) is 4.51. The lowest BCUT2D eigenvalue weighted by atomic mass is 9.92. The Labute approximate surface area is 123 Å². The van der Waals surface area contributed by atoms with E-state index in [9.17, 15) is 14.3 Å². The number of aliphatic hydroxyl groups is 1. The topological polar surface area (TPSA) is 49.8 Å². The van der Waals surface area contributed by atoms with Crippen LogP contribution in [0.1, 0.15) is 18.9 Å². The van der Waals surface area contributed by atoms with Gasteiger partial charge in [0.05, 0.1) is 12.0 Å². The number of carbonyl (C=O) groups is 1. The monoisotopic (exact) mass is 293 g/mol. The van der Waals surface area contributed by atoms with Crippen molar-refractivity contribution in [2.75, 3.05) is 19.7 Å². The Bertz CT molecular complexity index is 548. The summed E-state index contributed by atoms with van der Waals surface area (Å²) in [6.07, 6.45) is 0.844. The van der Waals surface area contributed by atoms with Gasteiger partial charge in [-0.25, -0.2) is 4.39 Å². The van der Waals surface area contributed by atoms with Crippen molar-refractivity contribution in [3.63, 3.8) is 0 Å². The summed E-state index contributed by atoms with van der Waals surface area (Å²) >= 11 is 0. The highest BCUT2D eigenvalue weighted by Gasteiger charge is 2.33. The summed E-state index contributed by atoms with van der Waals surface area (Å²) in [6.45, 7) is 3.37. The van der Waals surface area contributed by atoms with Crippen LogP contribution in [0.3, 0.4) is 0 Å². The van der Waals surface area contributed by atoms with E-state index in [0.717, 1.165) is 12.0 Å². The first-order chi connectivity index (χ1) is 10.0. The zero-order chi connectivity index (χ0) is 15.0. The second-order valence-corrected chi connectivity index (χ2v) is 6.08. The first kappa shape index (κ1) is 14.3. The van der Waals surface area contributed by atoms with Crippen LogP contribution in [0.15, 0.2) is 18.2 Å². The molecule has 3 atom stereocenters. The molecule has 4 nitrogen and oxygen atoms in total. The summed E-state index contributed by atoms with van der Waals surface area (Å²) in [7, 11) is 0. The fourth-order valence-corrected chi connectivity index (χ4v) is 3.03. The van der Waals surface area contributed by atoms with E-state index in [1.54, 1.807) is 11.0 Å². The van der Waals surface area contributed by atoms with Gasteiger partial charge in [-0.05, 0) is 42.5 Å². The first-order valence-corrected chi connectivity index (χ1v) is 7.42. The highest BCUT2D eigenvalue weighted by Crippen LogP contribution is 2.29. The number of piperidine rings is 1. The molecule has 1 aromatic rings. The quantitative estimate of drug-likeness (QED) is 0.856. The minimum atomic E-state index is -0.461. The summed E-state index contributed by atoms with van der Waals surface area (Å²) in [5.74, 6) is 0.280. The molecule has 2 heterocycles. The third kappa shape index (κ3) is 2.88. The molecule has 3 unspecified atom stereocenters. The lowest BCUT2D eigenvalue weighted by molar-refractivity contribution is -0.141. The van der Waals surface area contributed by atoms with Crippen molar-refractivity contribution in [1.29, 1.82) is 0 Å². The van der Waals surface area contributed by atoms with Crippen LogP contribution in [0.2, 0.25) is 0 Å². The number of rotatable bonds is 1. The molecule has 0 bridgehead atoms. The summed E-state index contributed by atoms with van der Waals surface area (Å²) in [4.78, 5) is 14.3. The highest BCUT2D eigenvalue weighted by atomic mass is 19.1. The molecule has 114 valence electrons. The van der Waals surface area contributed by atoms with Gasteiger partial charge in [-0.2, -0.15) is 0 Å². The Morgan fingerprint density at radius 1 is 1.48 bits per heavy atom. The van der Waals surface area contributed by atoms with E-state index in [-0.39, 0.29) is 23.6 Å². The average molecular weight is 293 g/mol. The number of ether oxygens (including phenoxy) is 1. The zero-order valence-electron chi connectivity index (χ0n) is 12.1.